The zero-order valence-corrected chi connectivity index (χ0v) is 12.4. The summed E-state index contributed by atoms with van der Waals surface area (Å²) in [7, 11) is 2.24. The molecule has 0 saturated carbocycles. The maximum absolute atomic E-state index is 10.8. The van der Waals surface area contributed by atoms with Crippen LogP contribution in [0, 0.1) is 5.92 Å². The van der Waals surface area contributed by atoms with Crippen molar-refractivity contribution in [1.82, 2.24) is 9.88 Å². The van der Waals surface area contributed by atoms with Crippen molar-refractivity contribution in [3.63, 3.8) is 0 Å². The Labute approximate surface area is 125 Å². The van der Waals surface area contributed by atoms with Crippen LogP contribution in [0.2, 0.25) is 0 Å². The summed E-state index contributed by atoms with van der Waals surface area (Å²) in [4.78, 5) is 6.92. The van der Waals surface area contributed by atoms with E-state index in [1.54, 1.807) is 0 Å². The first-order valence-corrected chi connectivity index (χ1v) is 7.97. The van der Waals surface area contributed by atoms with Gasteiger partial charge in [0.25, 0.3) is 0 Å². The molecule has 3 unspecified atom stereocenters. The fourth-order valence-corrected chi connectivity index (χ4v) is 4.25. The van der Waals surface area contributed by atoms with Gasteiger partial charge < -0.3 is 10.0 Å². The molecule has 2 fully saturated rings. The number of nitrogens with zero attached hydrogens (tertiary/aromatic N) is 2. The van der Waals surface area contributed by atoms with E-state index in [2.05, 4.69) is 41.2 Å². The second kappa shape index (κ2) is 5.08. The second-order valence-corrected chi connectivity index (χ2v) is 6.68. The molecule has 21 heavy (non-hydrogen) atoms. The highest BCUT2D eigenvalue weighted by Crippen LogP contribution is 2.42. The first kappa shape index (κ1) is 13.2. The van der Waals surface area contributed by atoms with Crippen molar-refractivity contribution < 1.29 is 5.11 Å². The van der Waals surface area contributed by atoms with E-state index in [1.807, 2.05) is 12.3 Å². The molecule has 2 aliphatic rings. The number of fused-ring (bicyclic) bond motifs is 3. The monoisotopic (exact) mass is 282 g/mol. The predicted molar refractivity (Wildman–Crippen MR) is 84.0 cm³/mol. The van der Waals surface area contributed by atoms with Crippen LogP contribution in [0.15, 0.2) is 36.5 Å². The number of aliphatic hydroxyl groups is 1. The highest BCUT2D eigenvalue weighted by atomic mass is 16.3. The Morgan fingerprint density at radius 2 is 1.95 bits per heavy atom. The maximum atomic E-state index is 10.8. The lowest BCUT2D eigenvalue weighted by molar-refractivity contribution is 0.0357. The molecule has 0 radical (unpaired) electrons. The van der Waals surface area contributed by atoms with Crippen LogP contribution in [0.4, 0.5) is 0 Å². The van der Waals surface area contributed by atoms with Gasteiger partial charge in [-0.05, 0) is 56.3 Å². The summed E-state index contributed by atoms with van der Waals surface area (Å²) in [6, 6.07) is 11.5. The van der Waals surface area contributed by atoms with Gasteiger partial charge in [0.15, 0.2) is 0 Å². The molecule has 2 aromatic rings. The molecule has 0 spiro atoms. The fourth-order valence-electron chi connectivity index (χ4n) is 4.25. The summed E-state index contributed by atoms with van der Waals surface area (Å²) in [5, 5.41) is 11.9. The summed E-state index contributed by atoms with van der Waals surface area (Å²) in [5.41, 5.74) is 2.00. The standard InChI is InChI=1S/C18H22N2O/c1-20-15-6-7-16(20)10-14(9-15)18(21)13-5-4-12-3-2-8-19-17(12)11-13/h2-5,8,11,14-16,18,21H,6-7,9-10H2,1H3. The minimum absolute atomic E-state index is 0.354. The van der Waals surface area contributed by atoms with Crippen molar-refractivity contribution >= 4 is 10.9 Å². The molecular weight excluding hydrogens is 260 g/mol. The van der Waals surface area contributed by atoms with E-state index in [0.717, 1.165) is 29.3 Å². The number of aromatic nitrogens is 1. The molecule has 1 aromatic heterocycles. The van der Waals surface area contributed by atoms with Gasteiger partial charge in [0, 0.05) is 23.7 Å². The van der Waals surface area contributed by atoms with E-state index in [4.69, 9.17) is 0 Å². The van der Waals surface area contributed by atoms with Crippen LogP contribution < -0.4 is 0 Å². The average molecular weight is 282 g/mol. The molecule has 3 heteroatoms. The maximum Gasteiger partial charge on any atom is 0.0820 e. The highest BCUT2D eigenvalue weighted by molar-refractivity contribution is 5.78. The largest absolute Gasteiger partial charge is 0.388 e. The quantitative estimate of drug-likeness (QED) is 0.919. The molecule has 1 aromatic carbocycles. The molecule has 3 heterocycles. The second-order valence-electron chi connectivity index (χ2n) is 6.68. The van der Waals surface area contributed by atoms with Gasteiger partial charge in [0.2, 0.25) is 0 Å². The first-order valence-electron chi connectivity index (χ1n) is 7.97. The summed E-state index contributed by atoms with van der Waals surface area (Å²) in [6.07, 6.45) is 6.29. The van der Waals surface area contributed by atoms with Crippen LogP contribution in [0.5, 0.6) is 0 Å². The Morgan fingerprint density at radius 3 is 2.71 bits per heavy atom. The van der Waals surface area contributed by atoms with Crippen LogP contribution in [-0.4, -0.2) is 34.1 Å². The van der Waals surface area contributed by atoms with Crippen LogP contribution >= 0.6 is 0 Å². The van der Waals surface area contributed by atoms with Crippen molar-refractivity contribution in [2.24, 2.45) is 5.92 Å². The third-order valence-corrected chi connectivity index (χ3v) is 5.55. The zero-order chi connectivity index (χ0) is 14.4. The van der Waals surface area contributed by atoms with Gasteiger partial charge in [-0.15, -0.1) is 0 Å². The summed E-state index contributed by atoms with van der Waals surface area (Å²) in [6.45, 7) is 0. The van der Waals surface area contributed by atoms with E-state index in [9.17, 15) is 5.11 Å². The van der Waals surface area contributed by atoms with E-state index in [1.165, 1.54) is 12.8 Å². The lowest BCUT2D eigenvalue weighted by Crippen LogP contribution is -2.41. The van der Waals surface area contributed by atoms with E-state index < -0.39 is 0 Å². The molecule has 4 rings (SSSR count). The van der Waals surface area contributed by atoms with Gasteiger partial charge in [-0.25, -0.2) is 0 Å². The molecule has 110 valence electrons. The summed E-state index contributed by atoms with van der Waals surface area (Å²) >= 11 is 0. The Bertz CT molecular complexity index is 642. The highest BCUT2D eigenvalue weighted by Gasteiger charge is 2.40. The Morgan fingerprint density at radius 1 is 1.19 bits per heavy atom. The number of rotatable bonds is 2. The smallest absolute Gasteiger partial charge is 0.0820 e. The Hall–Kier alpha value is -1.45. The van der Waals surface area contributed by atoms with E-state index >= 15 is 0 Å². The molecule has 0 aliphatic carbocycles. The van der Waals surface area contributed by atoms with Gasteiger partial charge in [-0.1, -0.05) is 18.2 Å². The van der Waals surface area contributed by atoms with Gasteiger partial charge in [-0.2, -0.15) is 0 Å². The van der Waals surface area contributed by atoms with Crippen molar-refractivity contribution in [1.29, 1.82) is 0 Å². The number of hydrogen-bond acceptors (Lipinski definition) is 3. The normalized spacial score (nSPS) is 30.7. The molecule has 2 aliphatic heterocycles. The third kappa shape index (κ3) is 2.25. The summed E-state index contributed by atoms with van der Waals surface area (Å²) < 4.78 is 0. The number of pyridine rings is 1. The van der Waals surface area contributed by atoms with Crippen molar-refractivity contribution in [3.05, 3.63) is 42.1 Å². The zero-order valence-electron chi connectivity index (χ0n) is 12.4. The predicted octanol–water partition coefficient (Wildman–Crippen LogP) is 3.14. The molecule has 3 nitrogen and oxygen atoms in total. The minimum Gasteiger partial charge on any atom is -0.388 e. The van der Waals surface area contributed by atoms with Crippen LogP contribution in [0.25, 0.3) is 10.9 Å². The first-order chi connectivity index (χ1) is 10.2. The van der Waals surface area contributed by atoms with E-state index in [0.29, 0.717) is 18.0 Å². The van der Waals surface area contributed by atoms with Gasteiger partial charge in [0.1, 0.15) is 0 Å². The minimum atomic E-state index is -0.354. The van der Waals surface area contributed by atoms with Crippen LogP contribution in [0.3, 0.4) is 0 Å². The lowest BCUT2D eigenvalue weighted by atomic mass is 9.83. The third-order valence-electron chi connectivity index (χ3n) is 5.55. The average Bonchev–Trinajstić information content (AvgIpc) is 2.75. The molecular formula is C18H22N2O. The molecule has 3 atom stereocenters. The number of hydrogen-bond donors (Lipinski definition) is 1. The Balaban J connectivity index is 1.60. The molecule has 2 saturated heterocycles. The van der Waals surface area contributed by atoms with Gasteiger partial charge in [-0.3, -0.25) is 4.98 Å². The van der Waals surface area contributed by atoms with Crippen LogP contribution in [0.1, 0.15) is 37.4 Å². The number of aliphatic hydroxyl groups excluding tert-OH is 1. The van der Waals surface area contributed by atoms with Gasteiger partial charge in [0.05, 0.1) is 11.6 Å². The topological polar surface area (TPSA) is 36.4 Å². The van der Waals surface area contributed by atoms with Crippen LogP contribution in [-0.2, 0) is 0 Å². The SMILES string of the molecule is CN1C2CCC1CC(C(O)c1ccc3cccnc3c1)C2. The molecule has 0 amide bonds. The lowest BCUT2D eigenvalue weighted by Gasteiger charge is -2.38. The fraction of sp³-hybridized carbons (Fsp3) is 0.500. The van der Waals surface area contributed by atoms with E-state index in [-0.39, 0.29) is 6.10 Å². The van der Waals surface area contributed by atoms with Gasteiger partial charge >= 0.3 is 0 Å². The van der Waals surface area contributed by atoms with Crippen molar-refractivity contribution in [2.75, 3.05) is 7.05 Å². The number of benzene rings is 1. The Kier molecular flexibility index (Phi) is 3.20. The number of piperidine rings is 1. The molecule has 1 N–H and O–H groups in total. The van der Waals surface area contributed by atoms with Crippen molar-refractivity contribution in [2.45, 2.75) is 43.9 Å². The molecule has 2 bridgehead atoms. The summed E-state index contributed by atoms with van der Waals surface area (Å²) in [5.74, 6) is 0.389. The van der Waals surface area contributed by atoms with Crippen molar-refractivity contribution in [3.8, 4) is 0 Å².